The molecule has 2 aliphatic rings. The van der Waals surface area contributed by atoms with Crippen LogP contribution in [0.4, 0.5) is 5.69 Å². The molecule has 0 aromatic heterocycles. The van der Waals surface area contributed by atoms with Crippen LogP contribution in [0.25, 0.3) is 0 Å². The van der Waals surface area contributed by atoms with E-state index in [-0.39, 0.29) is 24.1 Å². The van der Waals surface area contributed by atoms with Gasteiger partial charge in [0, 0.05) is 16.8 Å². The summed E-state index contributed by atoms with van der Waals surface area (Å²) in [5.41, 5.74) is -1.41. The third-order valence-corrected chi connectivity index (χ3v) is 7.45. The SMILES string of the molecule is O=C1c2ccccc2C(=O)C1(O)C1(Cc2ccccc2)C(=O)N(Cc2ccccc2)c2ccccc21. The van der Waals surface area contributed by atoms with Crippen LogP contribution in [0, 0.1) is 0 Å². The summed E-state index contributed by atoms with van der Waals surface area (Å²) in [6, 6.07) is 32.3. The zero-order valence-electron chi connectivity index (χ0n) is 19.4. The Labute approximate surface area is 208 Å². The van der Waals surface area contributed by atoms with Crippen LogP contribution in [0.2, 0.25) is 0 Å². The van der Waals surface area contributed by atoms with Crippen molar-refractivity contribution in [1.82, 2.24) is 0 Å². The van der Waals surface area contributed by atoms with E-state index in [1.165, 1.54) is 12.1 Å². The van der Waals surface area contributed by atoms with Gasteiger partial charge in [-0.3, -0.25) is 14.4 Å². The van der Waals surface area contributed by atoms with Crippen LogP contribution < -0.4 is 4.90 Å². The van der Waals surface area contributed by atoms with Crippen LogP contribution in [0.5, 0.6) is 0 Å². The number of benzene rings is 4. The maximum atomic E-state index is 14.6. The van der Waals surface area contributed by atoms with E-state index in [9.17, 15) is 19.5 Å². The first-order valence-electron chi connectivity index (χ1n) is 11.9. The molecule has 1 amide bonds. The van der Waals surface area contributed by atoms with Gasteiger partial charge in [-0.05, 0) is 29.2 Å². The van der Waals surface area contributed by atoms with E-state index in [4.69, 9.17) is 0 Å². The summed E-state index contributed by atoms with van der Waals surface area (Å²) in [4.78, 5) is 44.0. The molecule has 0 saturated carbocycles. The van der Waals surface area contributed by atoms with Crippen molar-refractivity contribution in [3.63, 3.8) is 0 Å². The second-order valence-corrected chi connectivity index (χ2v) is 9.38. The number of ketones is 2. The van der Waals surface area contributed by atoms with Gasteiger partial charge in [-0.1, -0.05) is 103 Å². The second-order valence-electron chi connectivity index (χ2n) is 9.38. The molecule has 1 atom stereocenters. The number of hydrogen-bond donors (Lipinski definition) is 1. The minimum Gasteiger partial charge on any atom is -0.373 e. The van der Waals surface area contributed by atoms with E-state index < -0.39 is 28.5 Å². The minimum absolute atomic E-state index is 0.00303. The lowest BCUT2D eigenvalue weighted by molar-refractivity contribution is -0.129. The molecule has 0 bridgehead atoms. The largest absolute Gasteiger partial charge is 0.373 e. The summed E-state index contributed by atoms with van der Waals surface area (Å²) in [6.07, 6.45) is -0.00303. The number of amides is 1. The van der Waals surface area contributed by atoms with Gasteiger partial charge in [-0.15, -0.1) is 0 Å². The van der Waals surface area contributed by atoms with Crippen molar-refractivity contribution in [3.8, 4) is 0 Å². The Morgan fingerprint density at radius 3 is 1.72 bits per heavy atom. The van der Waals surface area contributed by atoms with E-state index in [1.807, 2.05) is 72.8 Å². The summed E-state index contributed by atoms with van der Waals surface area (Å²) in [5, 5.41) is 12.3. The van der Waals surface area contributed by atoms with Gasteiger partial charge in [0.15, 0.2) is 0 Å². The molecule has 0 spiro atoms. The van der Waals surface area contributed by atoms with Gasteiger partial charge >= 0.3 is 0 Å². The third-order valence-electron chi connectivity index (χ3n) is 7.45. The van der Waals surface area contributed by atoms with E-state index in [2.05, 4.69) is 0 Å². The van der Waals surface area contributed by atoms with Gasteiger partial charge in [-0.25, -0.2) is 0 Å². The van der Waals surface area contributed by atoms with Crippen LogP contribution in [-0.2, 0) is 23.2 Å². The number of Topliss-reactive ketones (excluding diaryl/α,β-unsaturated/α-hetero) is 2. The molecule has 5 heteroatoms. The van der Waals surface area contributed by atoms with E-state index in [1.54, 1.807) is 29.2 Å². The molecule has 4 aromatic rings. The third kappa shape index (κ3) is 2.90. The Hall–Kier alpha value is -4.35. The molecular weight excluding hydrogens is 450 g/mol. The van der Waals surface area contributed by atoms with Crippen molar-refractivity contribution in [2.24, 2.45) is 0 Å². The van der Waals surface area contributed by atoms with Crippen molar-refractivity contribution < 1.29 is 19.5 Å². The molecule has 0 fully saturated rings. The van der Waals surface area contributed by atoms with Crippen LogP contribution in [-0.4, -0.2) is 28.2 Å². The van der Waals surface area contributed by atoms with Crippen molar-refractivity contribution >= 4 is 23.2 Å². The maximum Gasteiger partial charge on any atom is 0.242 e. The number of carbonyl (C=O) groups is 3. The number of para-hydroxylation sites is 1. The summed E-state index contributed by atoms with van der Waals surface area (Å²) in [5.74, 6) is -1.93. The van der Waals surface area contributed by atoms with Gasteiger partial charge in [0.25, 0.3) is 0 Å². The monoisotopic (exact) mass is 473 g/mol. The molecule has 36 heavy (non-hydrogen) atoms. The topological polar surface area (TPSA) is 74.7 Å². The number of nitrogens with zero attached hydrogens (tertiary/aromatic N) is 1. The molecule has 1 aliphatic heterocycles. The number of carbonyl (C=O) groups excluding carboxylic acids is 3. The van der Waals surface area contributed by atoms with Gasteiger partial charge in [0.1, 0.15) is 5.41 Å². The zero-order valence-corrected chi connectivity index (χ0v) is 19.4. The molecule has 5 nitrogen and oxygen atoms in total. The highest BCUT2D eigenvalue weighted by Gasteiger charge is 2.71. The van der Waals surface area contributed by atoms with E-state index in [0.29, 0.717) is 11.3 Å². The minimum atomic E-state index is -2.58. The lowest BCUT2D eigenvalue weighted by atomic mass is 9.62. The lowest BCUT2D eigenvalue weighted by Crippen LogP contribution is -2.64. The number of hydrogen-bond acceptors (Lipinski definition) is 4. The summed E-state index contributed by atoms with van der Waals surface area (Å²) < 4.78 is 0. The second kappa shape index (κ2) is 8.11. The molecule has 6 rings (SSSR count). The van der Waals surface area contributed by atoms with Gasteiger partial charge in [0.05, 0.1) is 6.54 Å². The number of rotatable bonds is 5. The highest BCUT2D eigenvalue weighted by molar-refractivity contribution is 6.36. The van der Waals surface area contributed by atoms with Crippen LogP contribution in [0.3, 0.4) is 0 Å². The van der Waals surface area contributed by atoms with Gasteiger partial charge in [0.2, 0.25) is 23.1 Å². The Bertz CT molecular complexity index is 1480. The highest BCUT2D eigenvalue weighted by Crippen LogP contribution is 2.54. The van der Waals surface area contributed by atoms with Crippen molar-refractivity contribution in [2.45, 2.75) is 24.0 Å². The first kappa shape index (κ1) is 22.1. The first-order chi connectivity index (χ1) is 17.5. The summed E-state index contributed by atoms with van der Waals surface area (Å²) in [6.45, 7) is 0.249. The molecule has 1 heterocycles. The number of anilines is 1. The van der Waals surface area contributed by atoms with E-state index >= 15 is 0 Å². The van der Waals surface area contributed by atoms with Crippen molar-refractivity contribution in [1.29, 1.82) is 0 Å². The number of aliphatic hydroxyl groups is 1. The smallest absolute Gasteiger partial charge is 0.242 e. The van der Waals surface area contributed by atoms with Crippen LogP contribution in [0.15, 0.2) is 109 Å². The Balaban J connectivity index is 1.60. The summed E-state index contributed by atoms with van der Waals surface area (Å²) in [7, 11) is 0. The first-order valence-corrected chi connectivity index (χ1v) is 11.9. The van der Waals surface area contributed by atoms with Crippen molar-refractivity contribution in [2.75, 3.05) is 4.90 Å². The van der Waals surface area contributed by atoms with Gasteiger partial charge in [-0.2, -0.15) is 0 Å². The average molecular weight is 474 g/mol. The fourth-order valence-corrected chi connectivity index (χ4v) is 5.76. The van der Waals surface area contributed by atoms with Crippen molar-refractivity contribution in [3.05, 3.63) is 137 Å². The fraction of sp³-hybridized carbons (Fsp3) is 0.129. The quantitative estimate of drug-likeness (QED) is 0.433. The fourth-order valence-electron chi connectivity index (χ4n) is 5.76. The normalized spacial score (nSPS) is 19.9. The predicted octanol–water partition coefficient (Wildman–Crippen LogP) is 4.52. The zero-order chi connectivity index (χ0) is 24.9. The molecular formula is C31H23NO4. The molecule has 0 radical (unpaired) electrons. The molecule has 176 valence electrons. The Morgan fingerprint density at radius 2 is 1.11 bits per heavy atom. The molecule has 1 N–H and O–H groups in total. The molecule has 0 saturated heterocycles. The molecule has 1 aliphatic carbocycles. The van der Waals surface area contributed by atoms with Gasteiger partial charge < -0.3 is 10.0 Å². The lowest BCUT2D eigenvalue weighted by Gasteiger charge is -2.39. The number of fused-ring (bicyclic) bond motifs is 2. The van der Waals surface area contributed by atoms with Crippen LogP contribution >= 0.6 is 0 Å². The Kier molecular flexibility index (Phi) is 4.99. The highest BCUT2D eigenvalue weighted by atomic mass is 16.3. The van der Waals surface area contributed by atoms with Crippen LogP contribution in [0.1, 0.15) is 37.4 Å². The average Bonchev–Trinajstić information content (AvgIpc) is 3.28. The molecule has 1 unspecified atom stereocenters. The van der Waals surface area contributed by atoms with E-state index in [0.717, 1.165) is 11.1 Å². The Morgan fingerprint density at radius 1 is 0.611 bits per heavy atom. The standard InChI is InChI=1S/C31H23NO4/c33-27-23-15-7-8-16-24(23)28(34)31(27,36)30(19-21-11-3-1-4-12-21)25-17-9-10-18-26(25)32(29(30)35)20-22-13-5-2-6-14-22/h1-18,36H,19-20H2. The predicted molar refractivity (Wildman–Crippen MR) is 136 cm³/mol. The molecule has 4 aromatic carbocycles. The summed E-state index contributed by atoms with van der Waals surface area (Å²) >= 11 is 0. The maximum absolute atomic E-state index is 14.6.